The second kappa shape index (κ2) is 8.40. The van der Waals surface area contributed by atoms with E-state index in [0.717, 1.165) is 11.3 Å². The van der Waals surface area contributed by atoms with Crippen LogP contribution in [0.5, 0.6) is 0 Å². The van der Waals surface area contributed by atoms with E-state index in [2.05, 4.69) is 15.0 Å². The van der Waals surface area contributed by atoms with Crippen molar-refractivity contribution in [1.82, 2.24) is 4.72 Å². The van der Waals surface area contributed by atoms with Gasteiger partial charge >= 0.3 is 0 Å². The van der Waals surface area contributed by atoms with Gasteiger partial charge in [-0.05, 0) is 37.6 Å². The van der Waals surface area contributed by atoms with Gasteiger partial charge in [0.2, 0.25) is 10.0 Å². The fourth-order valence-corrected chi connectivity index (χ4v) is 2.15. The fraction of sp³-hybridized carbons (Fsp3) is 0.462. The highest BCUT2D eigenvalue weighted by molar-refractivity contribution is 7.89. The van der Waals surface area contributed by atoms with E-state index >= 15 is 0 Å². The number of nitrogens with one attached hydrogen (secondary N) is 1. The molecular weight excluding hydrogens is 276 g/mol. The quantitative estimate of drug-likeness (QED) is 0.588. The van der Waals surface area contributed by atoms with Gasteiger partial charge in [-0.2, -0.15) is 15.5 Å². The molecule has 0 heterocycles. The molecule has 0 fully saturated rings. The second-order valence-electron chi connectivity index (χ2n) is 4.17. The average molecular weight is 294 g/mol. The maximum Gasteiger partial charge on any atom is 0.211 e. The lowest BCUT2D eigenvalue weighted by Gasteiger charge is -2.02. The molecule has 0 aliphatic rings. The van der Waals surface area contributed by atoms with Gasteiger partial charge in [0.15, 0.2) is 0 Å². The summed E-state index contributed by atoms with van der Waals surface area (Å²) in [7, 11) is -1.76. The van der Waals surface area contributed by atoms with E-state index in [1.54, 1.807) is 12.1 Å². The largest absolute Gasteiger partial charge is 0.218 e. The van der Waals surface area contributed by atoms with Crippen LogP contribution in [0.15, 0.2) is 34.5 Å². The van der Waals surface area contributed by atoms with E-state index in [-0.39, 0.29) is 5.75 Å². The molecule has 0 saturated heterocycles. The van der Waals surface area contributed by atoms with E-state index in [1.165, 1.54) is 7.05 Å². The summed E-state index contributed by atoms with van der Waals surface area (Å²) in [5.74, 6) is 0.0680. The molecule has 0 aromatic heterocycles. The van der Waals surface area contributed by atoms with Crippen LogP contribution in [0.25, 0.3) is 0 Å². The summed E-state index contributed by atoms with van der Waals surface area (Å²) in [6.45, 7) is 0.537. The number of nitriles is 1. The summed E-state index contributed by atoms with van der Waals surface area (Å²) in [6, 6.07) is 9.33. The smallest absolute Gasteiger partial charge is 0.211 e. The second-order valence-corrected chi connectivity index (χ2v) is 6.21. The molecule has 20 heavy (non-hydrogen) atoms. The predicted molar refractivity (Wildman–Crippen MR) is 77.2 cm³/mol. The van der Waals surface area contributed by atoms with Crippen LogP contribution in [-0.4, -0.2) is 27.8 Å². The first kappa shape index (κ1) is 16.3. The van der Waals surface area contributed by atoms with Crippen molar-refractivity contribution in [3.05, 3.63) is 29.8 Å². The van der Waals surface area contributed by atoms with Crippen LogP contribution < -0.4 is 4.72 Å². The van der Waals surface area contributed by atoms with E-state index in [9.17, 15) is 8.42 Å². The lowest BCUT2D eigenvalue weighted by molar-refractivity contribution is 0.587. The topological polar surface area (TPSA) is 94.7 Å². The molecule has 108 valence electrons. The molecule has 0 aliphatic carbocycles. The van der Waals surface area contributed by atoms with Crippen molar-refractivity contribution in [1.29, 1.82) is 5.26 Å². The number of rotatable bonds is 8. The molecule has 0 radical (unpaired) electrons. The molecule has 7 heteroatoms. The Morgan fingerprint density at radius 2 is 2.00 bits per heavy atom. The lowest BCUT2D eigenvalue weighted by Crippen LogP contribution is -2.23. The monoisotopic (exact) mass is 294 g/mol. The van der Waals surface area contributed by atoms with E-state index < -0.39 is 10.0 Å². The van der Waals surface area contributed by atoms with Crippen LogP contribution in [0, 0.1) is 11.3 Å². The highest BCUT2D eigenvalue weighted by Crippen LogP contribution is 2.14. The molecule has 0 saturated carbocycles. The third-order valence-electron chi connectivity index (χ3n) is 2.64. The highest BCUT2D eigenvalue weighted by Gasteiger charge is 2.06. The summed E-state index contributed by atoms with van der Waals surface area (Å²) in [5, 5.41) is 16.4. The minimum atomic E-state index is -3.17. The number of aryl methyl sites for hydroxylation is 1. The Labute approximate surface area is 119 Å². The van der Waals surface area contributed by atoms with Gasteiger partial charge in [-0.25, -0.2) is 13.1 Å². The molecule has 1 rings (SSSR count). The van der Waals surface area contributed by atoms with E-state index in [4.69, 9.17) is 5.26 Å². The minimum Gasteiger partial charge on any atom is -0.218 e. The van der Waals surface area contributed by atoms with Crippen LogP contribution in [-0.2, 0) is 16.4 Å². The van der Waals surface area contributed by atoms with Crippen LogP contribution in [0.3, 0.4) is 0 Å². The first-order valence-electron chi connectivity index (χ1n) is 6.32. The van der Waals surface area contributed by atoms with Crippen molar-refractivity contribution in [3.8, 4) is 6.07 Å². The molecule has 0 unspecified atom stereocenters. The number of nitrogens with zero attached hydrogens (tertiary/aromatic N) is 3. The molecule has 0 spiro atoms. The number of sulfonamides is 1. The van der Waals surface area contributed by atoms with E-state index in [0.29, 0.717) is 25.8 Å². The summed E-state index contributed by atoms with van der Waals surface area (Å²) in [5.41, 5.74) is 1.66. The zero-order valence-electron chi connectivity index (χ0n) is 11.4. The summed E-state index contributed by atoms with van der Waals surface area (Å²) in [6.07, 6.45) is 1.65. The van der Waals surface area contributed by atoms with Crippen molar-refractivity contribution in [2.75, 3.05) is 19.3 Å². The van der Waals surface area contributed by atoms with Gasteiger partial charge in [-0.3, -0.25) is 0 Å². The van der Waals surface area contributed by atoms with Crippen LogP contribution in [0.4, 0.5) is 5.69 Å². The zero-order valence-corrected chi connectivity index (χ0v) is 12.2. The number of azo groups is 1. The Bertz CT molecular complexity index is 573. The Morgan fingerprint density at radius 3 is 2.60 bits per heavy atom. The predicted octanol–water partition coefficient (Wildman–Crippen LogP) is 2.17. The molecule has 1 N–H and O–H groups in total. The molecule has 0 atom stereocenters. The lowest BCUT2D eigenvalue weighted by atomic mass is 10.1. The van der Waals surface area contributed by atoms with Gasteiger partial charge in [0.1, 0.15) is 0 Å². The van der Waals surface area contributed by atoms with Crippen molar-refractivity contribution in [2.45, 2.75) is 19.3 Å². The fourth-order valence-electron chi connectivity index (χ4n) is 1.44. The van der Waals surface area contributed by atoms with Crippen molar-refractivity contribution >= 4 is 15.7 Å². The third kappa shape index (κ3) is 6.41. The summed E-state index contributed by atoms with van der Waals surface area (Å²) >= 11 is 0. The molecule has 6 nitrogen and oxygen atoms in total. The number of hydrogen-bond acceptors (Lipinski definition) is 5. The Hall–Kier alpha value is -1.78. The highest BCUT2D eigenvalue weighted by atomic mass is 32.2. The Kier molecular flexibility index (Phi) is 6.84. The Morgan fingerprint density at radius 1 is 1.30 bits per heavy atom. The maximum absolute atomic E-state index is 11.3. The molecule has 1 aromatic carbocycles. The average Bonchev–Trinajstić information content (AvgIpc) is 2.46. The van der Waals surface area contributed by atoms with E-state index in [1.807, 2.05) is 18.2 Å². The SMILES string of the molecule is CNS(=O)(=O)CCc1ccc(N=NCCCC#N)cc1. The third-order valence-corrected chi connectivity index (χ3v) is 4.00. The number of benzene rings is 1. The van der Waals surface area contributed by atoms with Gasteiger partial charge in [0.25, 0.3) is 0 Å². The number of unbranched alkanes of at least 4 members (excludes halogenated alkanes) is 1. The maximum atomic E-state index is 11.3. The van der Waals surface area contributed by atoms with Gasteiger partial charge in [-0.15, -0.1) is 0 Å². The van der Waals surface area contributed by atoms with Gasteiger partial charge in [0, 0.05) is 6.42 Å². The van der Waals surface area contributed by atoms with Gasteiger partial charge < -0.3 is 0 Å². The van der Waals surface area contributed by atoms with Gasteiger partial charge in [0.05, 0.1) is 24.1 Å². The summed E-state index contributed by atoms with van der Waals surface area (Å²) in [4.78, 5) is 0. The van der Waals surface area contributed by atoms with Gasteiger partial charge in [-0.1, -0.05) is 12.1 Å². The first-order valence-corrected chi connectivity index (χ1v) is 7.97. The van der Waals surface area contributed by atoms with Crippen LogP contribution in [0.1, 0.15) is 18.4 Å². The van der Waals surface area contributed by atoms with Crippen LogP contribution in [0.2, 0.25) is 0 Å². The van der Waals surface area contributed by atoms with Crippen molar-refractivity contribution < 1.29 is 8.42 Å². The molecule has 0 bridgehead atoms. The normalized spacial score (nSPS) is 11.6. The van der Waals surface area contributed by atoms with Crippen molar-refractivity contribution in [2.24, 2.45) is 10.2 Å². The zero-order chi connectivity index (χ0) is 14.8. The molecule has 0 aliphatic heterocycles. The number of hydrogen-bond donors (Lipinski definition) is 1. The molecular formula is C13H18N4O2S. The summed E-state index contributed by atoms with van der Waals surface area (Å²) < 4.78 is 24.9. The van der Waals surface area contributed by atoms with Crippen LogP contribution >= 0.6 is 0 Å². The molecule has 1 aromatic rings. The standard InChI is InChI=1S/C13H18N4O2S/c1-15-20(18,19)11-8-12-4-6-13(7-5-12)17-16-10-3-2-9-14/h4-7,15H,2-3,8,10-11H2,1H3. The molecule has 0 amide bonds. The minimum absolute atomic E-state index is 0.0680. The Balaban J connectivity index is 2.46. The first-order chi connectivity index (χ1) is 9.57. The van der Waals surface area contributed by atoms with Crippen molar-refractivity contribution in [3.63, 3.8) is 0 Å².